The fraction of sp³-hybridized carbons (Fsp3) is 0.0714. The number of carbonyl (C=O) groups excluding carboxylic acids is 1. The quantitative estimate of drug-likeness (QED) is 0.905. The van der Waals surface area contributed by atoms with Crippen LogP contribution in [0.1, 0.15) is 16.1 Å². The monoisotopic (exact) mass is 292 g/mol. The van der Waals surface area contributed by atoms with Crippen LogP contribution in [-0.4, -0.2) is 22.0 Å². The molecule has 0 bridgehead atoms. The molecule has 0 saturated heterocycles. The minimum atomic E-state index is -1.23. The Morgan fingerprint density at radius 1 is 1.19 bits per heavy atom. The lowest BCUT2D eigenvalue weighted by Gasteiger charge is -2.06. The molecule has 1 aromatic carbocycles. The molecule has 2 aromatic rings. The second-order valence-corrected chi connectivity index (χ2v) is 4.16. The van der Waals surface area contributed by atoms with Crippen LogP contribution >= 0.6 is 0 Å². The van der Waals surface area contributed by atoms with Crippen LogP contribution in [0.25, 0.3) is 0 Å². The minimum absolute atomic E-state index is 0.243. The Morgan fingerprint density at radius 2 is 1.95 bits per heavy atom. The molecular weight excluding hydrogens is 282 g/mol. The summed E-state index contributed by atoms with van der Waals surface area (Å²) in [6.07, 6.45) is 1.00. The fourth-order valence-corrected chi connectivity index (χ4v) is 1.64. The molecule has 1 amide bonds. The van der Waals surface area contributed by atoms with Crippen molar-refractivity contribution < 1.29 is 23.5 Å². The highest BCUT2D eigenvalue weighted by Gasteiger charge is 2.15. The number of carboxylic acid groups (broad SMARTS) is 1. The number of aromatic nitrogens is 1. The maximum atomic E-state index is 13.4. The van der Waals surface area contributed by atoms with Gasteiger partial charge in [-0.05, 0) is 24.3 Å². The Morgan fingerprint density at radius 3 is 2.57 bits per heavy atom. The largest absolute Gasteiger partial charge is 0.481 e. The number of hydrogen-bond donors (Lipinski definition) is 2. The molecule has 2 N–H and O–H groups in total. The highest BCUT2D eigenvalue weighted by atomic mass is 19.2. The summed E-state index contributed by atoms with van der Waals surface area (Å²) in [5.41, 5.74) is 0.139. The number of amides is 1. The molecule has 0 saturated carbocycles. The van der Waals surface area contributed by atoms with Crippen LogP contribution < -0.4 is 5.32 Å². The molecule has 1 heterocycles. The third-order valence-electron chi connectivity index (χ3n) is 2.61. The Balaban J connectivity index is 2.12. The molecule has 0 aliphatic carbocycles. The van der Waals surface area contributed by atoms with Crippen LogP contribution in [0.15, 0.2) is 36.5 Å². The van der Waals surface area contributed by atoms with Gasteiger partial charge in [0.2, 0.25) is 0 Å². The van der Waals surface area contributed by atoms with Gasteiger partial charge in [0.05, 0.1) is 29.6 Å². The van der Waals surface area contributed by atoms with Gasteiger partial charge in [-0.25, -0.2) is 8.78 Å². The van der Waals surface area contributed by atoms with E-state index in [1.165, 1.54) is 24.4 Å². The smallest absolute Gasteiger partial charge is 0.309 e. The summed E-state index contributed by atoms with van der Waals surface area (Å²) in [5, 5.41) is 11.0. The second kappa shape index (κ2) is 6.08. The molecule has 0 spiro atoms. The van der Waals surface area contributed by atoms with Crippen LogP contribution in [0.3, 0.4) is 0 Å². The molecule has 7 heteroatoms. The van der Waals surface area contributed by atoms with Gasteiger partial charge < -0.3 is 10.4 Å². The standard InChI is InChI=1S/C14H10F2N2O3/c15-11-3-1-2-10(13(11)16)14(21)18-9-5-4-8(17-7-9)6-12(19)20/h1-5,7H,6H2,(H,18,21)(H,19,20). The van der Waals surface area contributed by atoms with Gasteiger partial charge in [-0.15, -0.1) is 0 Å². The van der Waals surface area contributed by atoms with Crippen molar-refractivity contribution in [2.45, 2.75) is 6.42 Å². The van der Waals surface area contributed by atoms with E-state index in [0.29, 0.717) is 5.69 Å². The number of carboxylic acids is 1. The maximum absolute atomic E-state index is 13.4. The number of nitrogens with zero attached hydrogens (tertiary/aromatic N) is 1. The number of nitrogens with one attached hydrogen (secondary N) is 1. The molecule has 0 atom stereocenters. The molecule has 0 radical (unpaired) electrons. The molecule has 0 aliphatic rings. The summed E-state index contributed by atoms with van der Waals surface area (Å²) < 4.78 is 26.5. The van der Waals surface area contributed by atoms with Crippen LogP contribution in [0.2, 0.25) is 0 Å². The molecule has 108 valence electrons. The minimum Gasteiger partial charge on any atom is -0.481 e. The van der Waals surface area contributed by atoms with Gasteiger partial charge in [0, 0.05) is 0 Å². The summed E-state index contributed by atoms with van der Waals surface area (Å²) in [5.74, 6) is -4.19. The Kier molecular flexibility index (Phi) is 4.22. The summed E-state index contributed by atoms with van der Waals surface area (Å²) in [4.78, 5) is 26.2. The van der Waals surface area contributed by atoms with E-state index in [2.05, 4.69) is 10.3 Å². The average Bonchev–Trinajstić information content (AvgIpc) is 2.43. The van der Waals surface area contributed by atoms with Crippen molar-refractivity contribution in [2.75, 3.05) is 5.32 Å². The van der Waals surface area contributed by atoms with Gasteiger partial charge in [-0.1, -0.05) is 6.07 Å². The van der Waals surface area contributed by atoms with E-state index in [1.54, 1.807) is 0 Å². The zero-order valence-corrected chi connectivity index (χ0v) is 10.6. The van der Waals surface area contributed by atoms with E-state index in [1.807, 2.05) is 0 Å². The number of anilines is 1. The first-order valence-electron chi connectivity index (χ1n) is 5.89. The Labute approximate surface area is 118 Å². The van der Waals surface area contributed by atoms with Crippen LogP contribution in [-0.2, 0) is 11.2 Å². The van der Waals surface area contributed by atoms with E-state index in [9.17, 15) is 18.4 Å². The van der Waals surface area contributed by atoms with Crippen LogP contribution in [0.4, 0.5) is 14.5 Å². The van der Waals surface area contributed by atoms with Gasteiger partial charge in [-0.2, -0.15) is 0 Å². The van der Waals surface area contributed by atoms with Crippen molar-refractivity contribution in [3.05, 3.63) is 59.4 Å². The van der Waals surface area contributed by atoms with E-state index < -0.39 is 29.1 Å². The molecule has 0 aliphatic heterocycles. The van der Waals surface area contributed by atoms with Crippen molar-refractivity contribution in [3.8, 4) is 0 Å². The fourth-order valence-electron chi connectivity index (χ4n) is 1.64. The number of halogens is 2. The van der Waals surface area contributed by atoms with Crippen molar-refractivity contribution in [1.29, 1.82) is 0 Å². The average molecular weight is 292 g/mol. The SMILES string of the molecule is O=C(O)Cc1ccc(NC(=O)c2cccc(F)c2F)cn1. The van der Waals surface area contributed by atoms with E-state index in [0.717, 1.165) is 12.1 Å². The lowest BCUT2D eigenvalue weighted by molar-refractivity contribution is -0.136. The number of pyridine rings is 1. The third kappa shape index (κ3) is 3.59. The summed E-state index contributed by atoms with van der Waals surface area (Å²) in [6.45, 7) is 0. The number of benzene rings is 1. The number of aliphatic carboxylic acids is 1. The van der Waals surface area contributed by atoms with Crippen molar-refractivity contribution in [3.63, 3.8) is 0 Å². The molecule has 2 rings (SSSR count). The van der Waals surface area contributed by atoms with E-state index >= 15 is 0 Å². The summed E-state index contributed by atoms with van der Waals surface area (Å²) in [7, 11) is 0. The summed E-state index contributed by atoms with van der Waals surface area (Å²) >= 11 is 0. The molecule has 1 aromatic heterocycles. The number of hydrogen-bond acceptors (Lipinski definition) is 3. The first-order valence-corrected chi connectivity index (χ1v) is 5.89. The number of rotatable bonds is 4. The Bertz CT molecular complexity index is 687. The van der Waals surface area contributed by atoms with Gasteiger partial charge in [0.1, 0.15) is 0 Å². The number of carbonyl (C=O) groups is 2. The zero-order valence-electron chi connectivity index (χ0n) is 10.6. The molecule has 0 fully saturated rings. The van der Waals surface area contributed by atoms with E-state index in [4.69, 9.17) is 5.11 Å². The predicted molar refractivity (Wildman–Crippen MR) is 69.9 cm³/mol. The van der Waals surface area contributed by atoms with E-state index in [-0.39, 0.29) is 12.1 Å². The first kappa shape index (κ1) is 14.6. The normalized spacial score (nSPS) is 10.2. The third-order valence-corrected chi connectivity index (χ3v) is 2.61. The van der Waals surface area contributed by atoms with Crippen molar-refractivity contribution in [1.82, 2.24) is 4.98 Å². The topological polar surface area (TPSA) is 79.3 Å². The highest BCUT2D eigenvalue weighted by Crippen LogP contribution is 2.14. The second-order valence-electron chi connectivity index (χ2n) is 4.16. The van der Waals surface area contributed by atoms with Crippen LogP contribution in [0.5, 0.6) is 0 Å². The summed E-state index contributed by atoms with van der Waals surface area (Å²) in [6, 6.07) is 6.14. The van der Waals surface area contributed by atoms with Gasteiger partial charge in [0.15, 0.2) is 11.6 Å². The molecule has 0 unspecified atom stereocenters. The molecule has 5 nitrogen and oxygen atoms in total. The molecular formula is C14H10F2N2O3. The van der Waals surface area contributed by atoms with Crippen molar-refractivity contribution in [2.24, 2.45) is 0 Å². The highest BCUT2D eigenvalue weighted by molar-refractivity contribution is 6.04. The lowest BCUT2D eigenvalue weighted by atomic mass is 10.2. The predicted octanol–water partition coefficient (Wildman–Crippen LogP) is 2.24. The van der Waals surface area contributed by atoms with Crippen molar-refractivity contribution >= 4 is 17.6 Å². The van der Waals surface area contributed by atoms with Gasteiger partial charge in [-0.3, -0.25) is 14.6 Å². The van der Waals surface area contributed by atoms with Crippen LogP contribution in [0, 0.1) is 11.6 Å². The van der Waals surface area contributed by atoms with Gasteiger partial charge in [0.25, 0.3) is 5.91 Å². The first-order chi connectivity index (χ1) is 9.97. The molecule has 21 heavy (non-hydrogen) atoms. The maximum Gasteiger partial charge on any atom is 0.309 e. The van der Waals surface area contributed by atoms with Gasteiger partial charge >= 0.3 is 5.97 Å². The lowest BCUT2D eigenvalue weighted by Crippen LogP contribution is -2.15. The zero-order chi connectivity index (χ0) is 15.4. The Hall–Kier alpha value is -2.83.